The number of anilines is 2. The number of carbonyl (C=O) groups excluding carboxylic acids is 2. The van der Waals surface area contributed by atoms with E-state index >= 15 is 0 Å². The molecule has 6 nitrogen and oxygen atoms in total. The third-order valence-electron chi connectivity index (χ3n) is 3.57. The van der Waals surface area contributed by atoms with Crippen LogP contribution in [0.3, 0.4) is 0 Å². The van der Waals surface area contributed by atoms with Crippen LogP contribution in [0.2, 0.25) is 0 Å². The minimum Gasteiger partial charge on any atom is -0.478 e. The quantitative estimate of drug-likeness (QED) is 0.775. The summed E-state index contributed by atoms with van der Waals surface area (Å²) in [7, 11) is 0. The monoisotopic (exact) mass is 290 g/mol. The van der Waals surface area contributed by atoms with Gasteiger partial charge in [0.05, 0.1) is 11.3 Å². The molecule has 0 radical (unpaired) electrons. The molecule has 0 heterocycles. The standard InChI is InChI=1S/C15H18N2O4/c1-8(10-3-4-10)14(19)17-13-6-5-11(16-9(2)18)7-12(13)15(20)21/h5-8,10H,3-4H2,1-2H3,(H,16,18)(H,17,19)(H,20,21). The first-order chi connectivity index (χ1) is 9.88. The van der Waals surface area contributed by atoms with Gasteiger partial charge in [0.15, 0.2) is 0 Å². The number of amides is 2. The molecule has 0 saturated heterocycles. The van der Waals surface area contributed by atoms with Gasteiger partial charge >= 0.3 is 5.97 Å². The van der Waals surface area contributed by atoms with Crippen LogP contribution in [0, 0.1) is 11.8 Å². The molecule has 0 aromatic heterocycles. The largest absolute Gasteiger partial charge is 0.478 e. The second-order valence-electron chi connectivity index (χ2n) is 5.36. The fraction of sp³-hybridized carbons (Fsp3) is 0.400. The molecule has 1 aromatic rings. The SMILES string of the molecule is CC(=O)Nc1ccc(NC(=O)C(C)C2CC2)c(C(=O)O)c1. The van der Waals surface area contributed by atoms with Gasteiger partial charge < -0.3 is 15.7 Å². The predicted molar refractivity (Wildman–Crippen MR) is 78.2 cm³/mol. The minimum atomic E-state index is -1.16. The number of hydrogen-bond acceptors (Lipinski definition) is 3. The van der Waals surface area contributed by atoms with Crippen LogP contribution in [-0.4, -0.2) is 22.9 Å². The van der Waals surface area contributed by atoms with Gasteiger partial charge in [0.2, 0.25) is 11.8 Å². The van der Waals surface area contributed by atoms with E-state index in [1.54, 1.807) is 6.07 Å². The lowest BCUT2D eigenvalue weighted by Gasteiger charge is -2.14. The number of nitrogens with one attached hydrogen (secondary N) is 2. The average molecular weight is 290 g/mol. The van der Waals surface area contributed by atoms with Crippen LogP contribution in [-0.2, 0) is 9.59 Å². The molecule has 112 valence electrons. The predicted octanol–water partition coefficient (Wildman–Crippen LogP) is 2.33. The highest BCUT2D eigenvalue weighted by Gasteiger charge is 2.32. The summed E-state index contributed by atoms with van der Waals surface area (Å²) in [6.45, 7) is 3.19. The van der Waals surface area contributed by atoms with E-state index in [9.17, 15) is 19.5 Å². The van der Waals surface area contributed by atoms with E-state index in [0.717, 1.165) is 12.8 Å². The summed E-state index contributed by atoms with van der Waals surface area (Å²) < 4.78 is 0. The third-order valence-corrected chi connectivity index (χ3v) is 3.57. The van der Waals surface area contributed by atoms with Crippen LogP contribution in [0.5, 0.6) is 0 Å². The zero-order valence-electron chi connectivity index (χ0n) is 12.0. The van der Waals surface area contributed by atoms with Crippen molar-refractivity contribution in [2.24, 2.45) is 11.8 Å². The van der Waals surface area contributed by atoms with Crippen LogP contribution in [0.25, 0.3) is 0 Å². The molecule has 1 aliphatic carbocycles. The number of hydrogen-bond donors (Lipinski definition) is 3. The fourth-order valence-electron chi connectivity index (χ4n) is 2.17. The number of carbonyl (C=O) groups is 3. The molecule has 2 amide bonds. The zero-order valence-corrected chi connectivity index (χ0v) is 12.0. The Morgan fingerprint density at radius 2 is 1.90 bits per heavy atom. The molecule has 0 aliphatic heterocycles. The number of rotatable bonds is 5. The van der Waals surface area contributed by atoms with E-state index in [1.165, 1.54) is 19.1 Å². The summed E-state index contributed by atoms with van der Waals surface area (Å²) in [6, 6.07) is 4.39. The normalized spacial score (nSPS) is 15.1. The Kier molecular flexibility index (Phi) is 4.26. The average Bonchev–Trinajstić information content (AvgIpc) is 3.23. The highest BCUT2D eigenvalue weighted by atomic mass is 16.4. The van der Waals surface area contributed by atoms with Crippen molar-refractivity contribution in [1.82, 2.24) is 0 Å². The summed E-state index contributed by atoms with van der Waals surface area (Å²) in [5, 5.41) is 14.4. The molecule has 1 aromatic carbocycles. The summed E-state index contributed by atoms with van der Waals surface area (Å²) in [5.74, 6) is -1.34. The number of benzene rings is 1. The Hall–Kier alpha value is -2.37. The van der Waals surface area contributed by atoms with Gasteiger partial charge in [-0.2, -0.15) is 0 Å². The third kappa shape index (κ3) is 3.81. The Labute approximate surface area is 122 Å². The van der Waals surface area contributed by atoms with Crippen LogP contribution in [0.4, 0.5) is 11.4 Å². The van der Waals surface area contributed by atoms with Crippen LogP contribution in [0.15, 0.2) is 18.2 Å². The van der Waals surface area contributed by atoms with Gasteiger partial charge in [-0.1, -0.05) is 6.92 Å². The number of aromatic carboxylic acids is 1. The van der Waals surface area contributed by atoms with Crippen LogP contribution >= 0.6 is 0 Å². The molecule has 6 heteroatoms. The van der Waals surface area contributed by atoms with Gasteiger partial charge in [-0.15, -0.1) is 0 Å². The topological polar surface area (TPSA) is 95.5 Å². The Morgan fingerprint density at radius 3 is 2.43 bits per heavy atom. The van der Waals surface area contributed by atoms with Crippen LogP contribution in [0.1, 0.15) is 37.0 Å². The van der Waals surface area contributed by atoms with Gasteiger partial charge in [-0.3, -0.25) is 9.59 Å². The van der Waals surface area contributed by atoms with Crippen LogP contribution < -0.4 is 10.6 Å². The summed E-state index contributed by atoms with van der Waals surface area (Å²) in [4.78, 5) is 34.4. The highest BCUT2D eigenvalue weighted by molar-refractivity contribution is 6.02. The number of carboxylic acids is 1. The van der Waals surface area contributed by atoms with Crippen molar-refractivity contribution in [2.45, 2.75) is 26.7 Å². The summed E-state index contributed by atoms with van der Waals surface area (Å²) in [6.07, 6.45) is 2.09. The van der Waals surface area contributed by atoms with E-state index in [4.69, 9.17) is 0 Å². The Morgan fingerprint density at radius 1 is 1.24 bits per heavy atom. The summed E-state index contributed by atoms with van der Waals surface area (Å²) in [5.41, 5.74) is 0.583. The smallest absolute Gasteiger partial charge is 0.337 e. The first-order valence-electron chi connectivity index (χ1n) is 6.84. The minimum absolute atomic E-state index is 0.0439. The second kappa shape index (κ2) is 5.95. The van der Waals surface area contributed by atoms with Gasteiger partial charge in [0.1, 0.15) is 0 Å². The molecule has 0 spiro atoms. The maximum Gasteiger partial charge on any atom is 0.337 e. The van der Waals surface area contributed by atoms with Crippen molar-refractivity contribution >= 4 is 29.2 Å². The molecule has 0 bridgehead atoms. The van der Waals surface area contributed by atoms with Crippen molar-refractivity contribution in [1.29, 1.82) is 0 Å². The molecule has 1 saturated carbocycles. The van der Waals surface area contributed by atoms with Gasteiger partial charge in [0.25, 0.3) is 0 Å². The molecule has 2 rings (SSSR count). The van der Waals surface area contributed by atoms with Crippen molar-refractivity contribution in [3.8, 4) is 0 Å². The molecule has 1 atom stereocenters. The van der Waals surface area contributed by atoms with E-state index in [-0.39, 0.29) is 29.0 Å². The number of carboxylic acid groups (broad SMARTS) is 1. The highest BCUT2D eigenvalue weighted by Crippen LogP contribution is 2.37. The lowest BCUT2D eigenvalue weighted by atomic mass is 10.0. The fourth-order valence-corrected chi connectivity index (χ4v) is 2.17. The molecule has 1 unspecified atom stereocenters. The molecule has 1 fully saturated rings. The Bertz CT molecular complexity index is 593. The molecule has 21 heavy (non-hydrogen) atoms. The van der Waals surface area contributed by atoms with Crippen molar-refractivity contribution in [3.05, 3.63) is 23.8 Å². The molecular formula is C15H18N2O4. The summed E-state index contributed by atoms with van der Waals surface area (Å²) >= 11 is 0. The van der Waals surface area contributed by atoms with E-state index < -0.39 is 5.97 Å². The lowest BCUT2D eigenvalue weighted by molar-refractivity contribution is -0.120. The Balaban J connectivity index is 2.19. The molecule has 1 aliphatic rings. The first kappa shape index (κ1) is 15.0. The maximum absolute atomic E-state index is 12.1. The molecular weight excluding hydrogens is 272 g/mol. The van der Waals surface area contributed by atoms with Crippen molar-refractivity contribution in [2.75, 3.05) is 10.6 Å². The molecule has 3 N–H and O–H groups in total. The van der Waals surface area contributed by atoms with E-state index in [0.29, 0.717) is 11.6 Å². The van der Waals surface area contributed by atoms with Crippen molar-refractivity contribution in [3.63, 3.8) is 0 Å². The van der Waals surface area contributed by atoms with E-state index in [1.807, 2.05) is 6.92 Å². The maximum atomic E-state index is 12.1. The zero-order chi connectivity index (χ0) is 15.6. The van der Waals surface area contributed by atoms with Gasteiger partial charge in [0, 0.05) is 18.5 Å². The van der Waals surface area contributed by atoms with Gasteiger partial charge in [-0.25, -0.2) is 4.79 Å². The lowest BCUT2D eigenvalue weighted by Crippen LogP contribution is -2.23. The first-order valence-corrected chi connectivity index (χ1v) is 6.84. The van der Waals surface area contributed by atoms with Crippen molar-refractivity contribution < 1.29 is 19.5 Å². The second-order valence-corrected chi connectivity index (χ2v) is 5.36. The van der Waals surface area contributed by atoms with E-state index in [2.05, 4.69) is 10.6 Å². The van der Waals surface area contributed by atoms with Gasteiger partial charge in [-0.05, 0) is 37.0 Å².